The summed E-state index contributed by atoms with van der Waals surface area (Å²) in [6.45, 7) is 5.29. The molecule has 2 aliphatic rings. The summed E-state index contributed by atoms with van der Waals surface area (Å²) in [4.78, 5) is 196. The molecule has 0 bridgehead atoms. The van der Waals surface area contributed by atoms with Gasteiger partial charge < -0.3 is 67.9 Å². The second kappa shape index (κ2) is 68.0. The molecule has 2 aromatic rings. The van der Waals surface area contributed by atoms with Crippen molar-refractivity contribution in [1.82, 2.24) is 46.2 Å². The summed E-state index contributed by atoms with van der Waals surface area (Å²) >= 11 is 4.59. The molecule has 4 rings (SSSR count). The van der Waals surface area contributed by atoms with Crippen molar-refractivity contribution >= 4 is 140 Å². The molecule has 2 saturated heterocycles. The van der Waals surface area contributed by atoms with Gasteiger partial charge in [-0.15, -0.1) is 0 Å². The molecule has 0 aliphatic carbocycles. The lowest BCUT2D eigenvalue weighted by Crippen LogP contribution is -2.51. The SMILES string of the molecule is CCC(=O)O.CCc1ccc(I)cc1.NCCCCC(NC(=O)CN1CCN(CC(=O)O)CCN(CC(=O)O)CCN(CC(=O)O)CC1)C(=O)CC(CCCCCC(=O)CCCCCCC(=O)NCCCCCNC(=O)N[C@@H](CCC(=O)O)C(=O)O)C(=O)O.O=C(O)CCCCc1ccc(I)cc1.O=C1CCC(=O)N1.O=C=O. The third-order valence-electron chi connectivity index (χ3n) is 17.2. The summed E-state index contributed by atoms with van der Waals surface area (Å²) in [7, 11) is 0. The van der Waals surface area contributed by atoms with E-state index in [1.807, 2.05) is 0 Å². The molecule has 0 saturated carbocycles. The topological polar surface area (TPSA) is 551 Å². The Morgan fingerprint density at radius 1 is 0.451 bits per heavy atom. The van der Waals surface area contributed by atoms with Crippen LogP contribution in [0.4, 0.5) is 4.79 Å². The van der Waals surface area contributed by atoms with Crippen LogP contribution >= 0.6 is 45.2 Å². The minimum absolute atomic E-state index is 0.0823. The molecule has 636 valence electrons. The molecular formula is C76H118I2N10O25. The Labute approximate surface area is 687 Å². The van der Waals surface area contributed by atoms with Crippen molar-refractivity contribution in [3.63, 3.8) is 0 Å². The van der Waals surface area contributed by atoms with Crippen molar-refractivity contribution in [2.75, 3.05) is 98.2 Å². The Hall–Kier alpha value is -8.47. The zero-order valence-corrected chi connectivity index (χ0v) is 69.2. The van der Waals surface area contributed by atoms with Crippen LogP contribution in [-0.4, -0.2) is 266 Å². The number of ketones is 2. The minimum atomic E-state index is -1.32. The molecule has 15 N–H and O–H groups in total. The summed E-state index contributed by atoms with van der Waals surface area (Å²) in [5.41, 5.74) is 8.39. The number of Topliss-reactive ketones (excluding diaryl/α,β-unsaturated/α-hetero) is 2. The highest BCUT2D eigenvalue weighted by atomic mass is 127. The van der Waals surface area contributed by atoms with Crippen LogP contribution in [-0.2, 0) is 89.6 Å². The first kappa shape index (κ1) is 107. The van der Waals surface area contributed by atoms with Crippen LogP contribution in [0.2, 0.25) is 0 Å². The quantitative estimate of drug-likeness (QED) is 0.0213. The number of nitrogens with zero attached hydrogens (tertiary/aromatic N) is 4. The van der Waals surface area contributed by atoms with E-state index in [2.05, 4.69) is 127 Å². The van der Waals surface area contributed by atoms with Crippen LogP contribution in [0.1, 0.15) is 192 Å². The van der Waals surface area contributed by atoms with Crippen LogP contribution in [0.15, 0.2) is 48.5 Å². The van der Waals surface area contributed by atoms with E-state index in [1.165, 1.54) is 18.3 Å². The Balaban J connectivity index is 0. The van der Waals surface area contributed by atoms with Crippen LogP contribution in [0.25, 0.3) is 0 Å². The van der Waals surface area contributed by atoms with Gasteiger partial charge in [0, 0.05) is 130 Å². The number of nitrogens with one attached hydrogen (secondary N) is 5. The van der Waals surface area contributed by atoms with E-state index in [9.17, 15) is 92.3 Å². The van der Waals surface area contributed by atoms with Gasteiger partial charge in [0.2, 0.25) is 23.6 Å². The summed E-state index contributed by atoms with van der Waals surface area (Å²) in [6.07, 6.45) is 13.5. The van der Waals surface area contributed by atoms with E-state index in [0.717, 1.165) is 38.5 Å². The fourth-order valence-corrected chi connectivity index (χ4v) is 11.6. The number of aryl methyl sites for hydroxylation is 2. The molecule has 37 heteroatoms. The van der Waals surface area contributed by atoms with E-state index >= 15 is 0 Å². The highest BCUT2D eigenvalue weighted by molar-refractivity contribution is 14.1. The van der Waals surface area contributed by atoms with E-state index in [4.69, 9.17) is 35.7 Å². The second-order valence-corrected chi connectivity index (χ2v) is 29.1. The van der Waals surface area contributed by atoms with E-state index in [0.29, 0.717) is 109 Å². The van der Waals surface area contributed by atoms with Gasteiger partial charge in [-0.25, -0.2) is 9.59 Å². The number of rotatable bonds is 48. The maximum absolute atomic E-state index is 13.7. The maximum atomic E-state index is 13.7. The first-order valence-electron chi connectivity index (χ1n) is 38.0. The van der Waals surface area contributed by atoms with Gasteiger partial charge in [0.25, 0.3) is 0 Å². The lowest BCUT2D eigenvalue weighted by atomic mass is 9.91. The molecule has 2 fully saturated rings. The zero-order valence-electron chi connectivity index (χ0n) is 64.9. The molecule has 0 spiro atoms. The number of benzene rings is 2. The average Bonchev–Trinajstić information content (AvgIpc) is 1.25. The van der Waals surface area contributed by atoms with E-state index in [-0.39, 0.29) is 153 Å². The Bertz CT molecular complexity index is 3170. The molecule has 2 unspecified atom stereocenters. The van der Waals surface area contributed by atoms with E-state index in [1.54, 1.807) is 26.5 Å². The average molecular weight is 1830 g/mol. The molecule has 35 nitrogen and oxygen atoms in total. The Morgan fingerprint density at radius 3 is 1.27 bits per heavy atom. The van der Waals surface area contributed by atoms with Gasteiger partial charge in [-0.05, 0) is 183 Å². The summed E-state index contributed by atoms with van der Waals surface area (Å²) in [5.74, 6) is -10.6. The van der Waals surface area contributed by atoms with Gasteiger partial charge in [-0.2, -0.15) is 9.59 Å². The Morgan fingerprint density at radius 2 is 0.867 bits per heavy atom. The van der Waals surface area contributed by atoms with Crippen LogP contribution in [0.5, 0.6) is 0 Å². The van der Waals surface area contributed by atoms with Gasteiger partial charge in [0.15, 0.2) is 5.78 Å². The smallest absolute Gasteiger partial charge is 0.373 e. The second-order valence-electron chi connectivity index (χ2n) is 26.6. The highest BCUT2D eigenvalue weighted by Crippen LogP contribution is 2.20. The highest BCUT2D eigenvalue weighted by Gasteiger charge is 2.29. The fraction of sp³-hybridized carbons (Fsp3) is 0.632. The largest absolute Gasteiger partial charge is 0.481 e. The molecule has 6 amide bonds. The number of urea groups is 1. The number of carbonyl (C=O) groups is 15. The number of aliphatic carboxylic acids is 8. The van der Waals surface area contributed by atoms with Gasteiger partial charge in [-0.1, -0.05) is 63.8 Å². The number of amides is 6. The van der Waals surface area contributed by atoms with Crippen LogP contribution in [0, 0.1) is 13.1 Å². The number of unbranched alkanes of at least 4 members (excludes halogenated alkanes) is 9. The van der Waals surface area contributed by atoms with Crippen molar-refractivity contribution in [3.05, 3.63) is 66.8 Å². The minimum Gasteiger partial charge on any atom is -0.481 e. The first-order chi connectivity index (χ1) is 53.7. The predicted molar refractivity (Wildman–Crippen MR) is 430 cm³/mol. The summed E-state index contributed by atoms with van der Waals surface area (Å²) in [5, 5.41) is 85.1. The molecule has 2 aliphatic heterocycles. The number of halogens is 2. The van der Waals surface area contributed by atoms with Crippen molar-refractivity contribution in [2.24, 2.45) is 11.7 Å². The standard InChI is InChI=1S/C49H85N9O17.C11H13IO2.C8H9I.C4H5NO2.C3H6O2.CO2/c50-20-10-9-16-38(53-42(62)32-55-23-25-56(33-44(65)66)27-29-58(35-46(69)70)30-28-57(26-24-55)34-45(67)68)40(60)31-36(47(71)72)13-5-3-7-15-37(59)14-6-1-2-8-17-41(61)51-21-11-4-12-22-52-49(75)54-39(48(73)74)18-19-43(63)64;12-10-7-5-9(6-8-10)3-1-2-4-11(13)14;1-2-7-3-5-8(9)6-4-7;6-3-1-2-4(7)5-3;1-2-3(4)5;2-1-3/h36,38-39H,1-35,50H2,(H,51,61)(H,53,62)(H,63,64)(H,65,66)(H,67,68)(H,69,70)(H,71,72)(H,73,74)(H2,52,54,75);5-8H,1-4H2,(H,13,14);3-6H,2H2,1H3;1-2H2,(H,5,6,7);2H2,1H3,(H,4,5);/t36?,38?,39-;;;;;/m0...../s1. The normalized spacial score (nSPS) is 13.9. The number of carboxylic acid groups (broad SMARTS) is 8. The predicted octanol–water partition coefficient (Wildman–Crippen LogP) is 5.76. The molecule has 0 aromatic heterocycles. The molecular weight excluding hydrogens is 1710 g/mol. The lowest BCUT2D eigenvalue weighted by Gasteiger charge is -2.33. The number of hydrogen-bond donors (Lipinski definition) is 14. The van der Waals surface area contributed by atoms with Crippen LogP contribution in [0.3, 0.4) is 0 Å². The number of hydrogen-bond acceptors (Lipinski definition) is 22. The fourth-order valence-electron chi connectivity index (χ4n) is 10.9. The molecule has 2 heterocycles. The Kier molecular flexibility index (Phi) is 64.1. The maximum Gasteiger partial charge on any atom is 0.373 e. The van der Waals surface area contributed by atoms with Crippen molar-refractivity contribution < 1.29 is 122 Å². The molecule has 113 heavy (non-hydrogen) atoms. The lowest BCUT2D eigenvalue weighted by molar-refractivity contribution is -0.192. The van der Waals surface area contributed by atoms with Gasteiger partial charge in [-0.3, -0.25) is 87.2 Å². The summed E-state index contributed by atoms with van der Waals surface area (Å²) in [6, 6.07) is 14.0. The van der Waals surface area contributed by atoms with Crippen molar-refractivity contribution in [3.8, 4) is 0 Å². The van der Waals surface area contributed by atoms with Crippen molar-refractivity contribution in [2.45, 2.75) is 206 Å². The van der Waals surface area contributed by atoms with Gasteiger partial charge in [0.1, 0.15) is 11.8 Å². The molecule has 0 radical (unpaired) electrons. The monoisotopic (exact) mass is 1820 g/mol. The third kappa shape index (κ3) is 64.6. The first-order valence-corrected chi connectivity index (χ1v) is 40.1. The van der Waals surface area contributed by atoms with E-state index < -0.39 is 89.9 Å². The molecule has 3 atom stereocenters. The van der Waals surface area contributed by atoms with Gasteiger partial charge >= 0.3 is 59.9 Å². The van der Waals surface area contributed by atoms with Crippen LogP contribution < -0.4 is 32.3 Å². The zero-order chi connectivity index (χ0) is 85.3. The third-order valence-corrected chi connectivity index (χ3v) is 18.6. The summed E-state index contributed by atoms with van der Waals surface area (Å²) < 4.78 is 2.54. The number of carbonyl (C=O) groups excluding carboxylic acids is 9. The number of carboxylic acids is 8. The van der Waals surface area contributed by atoms with Gasteiger partial charge in [0.05, 0.1) is 38.1 Å². The van der Waals surface area contributed by atoms with Crippen molar-refractivity contribution in [1.29, 1.82) is 0 Å². The number of imide groups is 1. The number of nitrogens with two attached hydrogens (primary N) is 1. The molecule has 2 aromatic carbocycles.